The summed E-state index contributed by atoms with van der Waals surface area (Å²) in [6, 6.07) is 3.96. The number of carbonyl (C=O) groups excluding carboxylic acids is 1. The molecule has 0 aromatic carbocycles. The van der Waals surface area contributed by atoms with Crippen molar-refractivity contribution in [2.75, 3.05) is 13.1 Å². The van der Waals surface area contributed by atoms with Crippen molar-refractivity contribution in [1.29, 1.82) is 0 Å². The van der Waals surface area contributed by atoms with Crippen LogP contribution in [0.2, 0.25) is 0 Å². The summed E-state index contributed by atoms with van der Waals surface area (Å²) in [4.78, 5) is 26.9. The van der Waals surface area contributed by atoms with Gasteiger partial charge >= 0.3 is 0 Å². The van der Waals surface area contributed by atoms with E-state index in [0.29, 0.717) is 24.1 Å². The number of amides is 1. The molecular formula is C19H22N4O2. The van der Waals surface area contributed by atoms with Crippen LogP contribution in [-0.2, 0) is 11.3 Å². The van der Waals surface area contributed by atoms with Crippen LogP contribution >= 0.6 is 0 Å². The van der Waals surface area contributed by atoms with Crippen LogP contribution in [0, 0.1) is 11.8 Å². The van der Waals surface area contributed by atoms with Crippen LogP contribution in [0.5, 0.6) is 0 Å². The van der Waals surface area contributed by atoms with Crippen LogP contribution in [0.4, 0.5) is 0 Å². The Labute approximate surface area is 147 Å². The molecule has 3 heterocycles. The summed E-state index contributed by atoms with van der Waals surface area (Å²) >= 11 is 0. The molecule has 2 aliphatic rings. The number of pyridine rings is 1. The normalized spacial score (nSPS) is 25.6. The van der Waals surface area contributed by atoms with E-state index in [0.717, 1.165) is 31.5 Å². The molecule has 1 aliphatic heterocycles. The molecule has 1 amide bonds. The third-order valence-corrected chi connectivity index (χ3v) is 5.29. The molecule has 1 aliphatic carbocycles. The van der Waals surface area contributed by atoms with Gasteiger partial charge in [-0.25, -0.2) is 4.98 Å². The molecule has 2 aromatic heterocycles. The van der Waals surface area contributed by atoms with Gasteiger partial charge in [0.05, 0.1) is 18.9 Å². The minimum atomic E-state index is -0.0199. The summed E-state index contributed by atoms with van der Waals surface area (Å²) in [5.74, 6) is 0.910. The molecule has 0 radical (unpaired) electrons. The van der Waals surface area contributed by atoms with E-state index in [1.54, 1.807) is 24.8 Å². The van der Waals surface area contributed by atoms with Crippen molar-refractivity contribution in [2.45, 2.75) is 32.0 Å². The fourth-order valence-corrected chi connectivity index (χ4v) is 4.05. The maximum atomic E-state index is 12.7. The lowest BCUT2D eigenvalue weighted by molar-refractivity contribution is -0.0293. The number of hydrogen-bond donors (Lipinski definition) is 0. The Hall–Kier alpha value is -2.34. The molecule has 6 heteroatoms. The Balaban J connectivity index is 1.41. The van der Waals surface area contributed by atoms with Gasteiger partial charge in [0.2, 0.25) is 0 Å². The van der Waals surface area contributed by atoms with E-state index in [4.69, 9.17) is 4.74 Å². The molecule has 1 saturated carbocycles. The number of fused-ring (bicyclic) bond motifs is 1. The van der Waals surface area contributed by atoms with Crippen LogP contribution in [0.15, 0.2) is 43.1 Å². The molecule has 2 fully saturated rings. The summed E-state index contributed by atoms with van der Waals surface area (Å²) in [7, 11) is 0. The first kappa shape index (κ1) is 16.1. The van der Waals surface area contributed by atoms with Crippen LogP contribution < -0.4 is 0 Å². The molecule has 0 N–H and O–H groups in total. The first-order valence-corrected chi connectivity index (χ1v) is 8.87. The van der Waals surface area contributed by atoms with Crippen molar-refractivity contribution in [3.8, 4) is 0 Å². The van der Waals surface area contributed by atoms with Crippen LogP contribution in [-0.4, -0.2) is 45.0 Å². The Morgan fingerprint density at radius 3 is 2.88 bits per heavy atom. The maximum absolute atomic E-state index is 12.7. The lowest BCUT2D eigenvalue weighted by atomic mass is 9.79. The number of hydrogen-bond acceptors (Lipinski definition) is 5. The summed E-state index contributed by atoms with van der Waals surface area (Å²) in [6.45, 7) is 2.13. The number of rotatable bonds is 4. The van der Waals surface area contributed by atoms with E-state index < -0.39 is 0 Å². The zero-order valence-electron chi connectivity index (χ0n) is 14.1. The average molecular weight is 338 g/mol. The predicted octanol–water partition coefficient (Wildman–Crippen LogP) is 2.33. The topological polar surface area (TPSA) is 68.2 Å². The van der Waals surface area contributed by atoms with E-state index in [1.807, 2.05) is 23.2 Å². The maximum Gasteiger partial charge on any atom is 0.274 e. The second-order valence-electron chi connectivity index (χ2n) is 6.87. The quantitative estimate of drug-likeness (QED) is 0.856. The van der Waals surface area contributed by atoms with Crippen LogP contribution in [0.3, 0.4) is 0 Å². The van der Waals surface area contributed by atoms with Gasteiger partial charge in [0, 0.05) is 43.8 Å². The van der Waals surface area contributed by atoms with Crippen molar-refractivity contribution in [3.63, 3.8) is 0 Å². The summed E-state index contributed by atoms with van der Waals surface area (Å²) in [5.41, 5.74) is 1.52. The molecule has 3 atom stereocenters. The highest BCUT2D eigenvalue weighted by atomic mass is 16.5. The monoisotopic (exact) mass is 338 g/mol. The van der Waals surface area contributed by atoms with Crippen LogP contribution in [0.1, 0.15) is 35.3 Å². The van der Waals surface area contributed by atoms with E-state index >= 15 is 0 Å². The Morgan fingerprint density at radius 2 is 2.08 bits per heavy atom. The molecule has 25 heavy (non-hydrogen) atoms. The molecule has 1 saturated heterocycles. The lowest BCUT2D eigenvalue weighted by Gasteiger charge is -2.32. The van der Waals surface area contributed by atoms with E-state index in [1.165, 1.54) is 6.42 Å². The molecule has 0 bridgehead atoms. The van der Waals surface area contributed by atoms with Gasteiger partial charge in [-0.05, 0) is 30.4 Å². The zero-order chi connectivity index (χ0) is 17.1. The molecular weight excluding hydrogens is 316 g/mol. The largest absolute Gasteiger partial charge is 0.373 e. The number of likely N-dealkylation sites (tertiary alicyclic amines) is 1. The minimum absolute atomic E-state index is 0.0199. The SMILES string of the molecule is O=C(c1cnccn1)N1C[C@H]2CCC[C@H](OCc3cccnc3)[C@H]2C1. The number of aromatic nitrogens is 3. The van der Waals surface area contributed by atoms with Gasteiger partial charge in [0.25, 0.3) is 5.91 Å². The Bertz CT molecular complexity index is 710. The van der Waals surface area contributed by atoms with Crippen molar-refractivity contribution in [3.05, 3.63) is 54.4 Å². The van der Waals surface area contributed by atoms with Gasteiger partial charge in [-0.15, -0.1) is 0 Å². The fraction of sp³-hybridized carbons (Fsp3) is 0.474. The Morgan fingerprint density at radius 1 is 1.16 bits per heavy atom. The highest BCUT2D eigenvalue weighted by Gasteiger charge is 2.42. The van der Waals surface area contributed by atoms with Crippen molar-refractivity contribution in [2.24, 2.45) is 11.8 Å². The first-order chi connectivity index (χ1) is 12.3. The highest BCUT2D eigenvalue weighted by molar-refractivity contribution is 5.92. The van der Waals surface area contributed by atoms with E-state index in [-0.39, 0.29) is 12.0 Å². The second-order valence-corrected chi connectivity index (χ2v) is 6.87. The molecule has 4 rings (SSSR count). The van der Waals surface area contributed by atoms with Gasteiger partial charge in [-0.1, -0.05) is 12.5 Å². The standard InChI is InChI=1S/C19H22N4O2/c24-19(17-10-21-7-8-22-17)23-11-15-4-1-5-18(16(15)12-23)25-13-14-3-2-6-20-9-14/h2-3,6-10,15-16,18H,1,4-5,11-13H2/t15-,16+,18+/m1/s1. The number of ether oxygens (including phenoxy) is 1. The van der Waals surface area contributed by atoms with Crippen molar-refractivity contribution >= 4 is 5.91 Å². The second kappa shape index (κ2) is 7.27. The van der Waals surface area contributed by atoms with Crippen molar-refractivity contribution < 1.29 is 9.53 Å². The van der Waals surface area contributed by atoms with E-state index in [9.17, 15) is 4.79 Å². The molecule has 6 nitrogen and oxygen atoms in total. The Kier molecular flexibility index (Phi) is 4.70. The highest BCUT2D eigenvalue weighted by Crippen LogP contribution is 2.38. The van der Waals surface area contributed by atoms with Crippen LogP contribution in [0.25, 0.3) is 0 Å². The molecule has 2 aromatic rings. The molecule has 130 valence electrons. The van der Waals surface area contributed by atoms with Crippen molar-refractivity contribution in [1.82, 2.24) is 19.9 Å². The molecule has 0 unspecified atom stereocenters. The van der Waals surface area contributed by atoms with Gasteiger partial charge in [0.1, 0.15) is 5.69 Å². The van der Waals surface area contributed by atoms with Gasteiger partial charge in [-0.3, -0.25) is 14.8 Å². The number of carbonyl (C=O) groups is 1. The lowest BCUT2D eigenvalue weighted by Crippen LogP contribution is -2.34. The minimum Gasteiger partial charge on any atom is -0.373 e. The summed E-state index contributed by atoms with van der Waals surface area (Å²) < 4.78 is 6.21. The summed E-state index contributed by atoms with van der Waals surface area (Å²) in [6.07, 6.45) is 11.9. The fourth-order valence-electron chi connectivity index (χ4n) is 4.05. The smallest absolute Gasteiger partial charge is 0.274 e. The summed E-state index contributed by atoms with van der Waals surface area (Å²) in [5, 5.41) is 0. The third kappa shape index (κ3) is 3.54. The molecule has 0 spiro atoms. The van der Waals surface area contributed by atoms with E-state index in [2.05, 4.69) is 15.0 Å². The van der Waals surface area contributed by atoms with Gasteiger partial charge in [-0.2, -0.15) is 0 Å². The van der Waals surface area contributed by atoms with Gasteiger partial charge < -0.3 is 9.64 Å². The zero-order valence-corrected chi connectivity index (χ0v) is 14.1. The third-order valence-electron chi connectivity index (χ3n) is 5.29. The first-order valence-electron chi connectivity index (χ1n) is 8.87. The van der Waals surface area contributed by atoms with Gasteiger partial charge in [0.15, 0.2) is 0 Å². The average Bonchev–Trinajstić information content (AvgIpc) is 3.12. The number of nitrogens with zero attached hydrogens (tertiary/aromatic N) is 4. The predicted molar refractivity (Wildman–Crippen MR) is 91.6 cm³/mol.